The van der Waals surface area contributed by atoms with Gasteiger partial charge in [0.1, 0.15) is 0 Å². The molecule has 0 aliphatic rings. The fourth-order valence-electron chi connectivity index (χ4n) is 2.08. The number of carbonyl (C=O) groups is 1. The molecule has 3 N–H and O–H groups in total. The van der Waals surface area contributed by atoms with Crippen LogP contribution < -0.4 is 11.1 Å². The highest BCUT2D eigenvalue weighted by Crippen LogP contribution is 2.21. The van der Waals surface area contributed by atoms with Gasteiger partial charge in [0.25, 0.3) is 0 Å². The first kappa shape index (κ1) is 14.9. The monoisotopic (exact) mass is 288 g/mol. The van der Waals surface area contributed by atoms with Crippen molar-refractivity contribution in [2.75, 3.05) is 17.7 Å². The van der Waals surface area contributed by atoms with Crippen molar-refractivity contribution in [2.45, 2.75) is 20.4 Å². The van der Waals surface area contributed by atoms with Crippen LogP contribution in [0.5, 0.6) is 0 Å². The van der Waals surface area contributed by atoms with Crippen LogP contribution in [0.2, 0.25) is 0 Å². The third-order valence-corrected chi connectivity index (χ3v) is 3.15. The van der Waals surface area contributed by atoms with Crippen molar-refractivity contribution >= 4 is 17.3 Å². The maximum Gasteiger partial charge on any atom is 0.338 e. The second-order valence-corrected chi connectivity index (χ2v) is 4.79. The van der Waals surface area contributed by atoms with Crippen molar-refractivity contribution in [3.63, 3.8) is 0 Å². The molecule has 2 aromatic rings. The second-order valence-electron chi connectivity index (χ2n) is 4.79. The fraction of sp³-hybridized carbons (Fsp3) is 0.333. The SMILES string of the molecule is CCOC(=O)c1ccc(NCc2cn(C)nc2C)c(N)c1. The number of nitrogen functional groups attached to an aromatic ring is 1. The van der Waals surface area contributed by atoms with Crippen molar-refractivity contribution in [1.82, 2.24) is 9.78 Å². The molecule has 0 saturated carbocycles. The minimum Gasteiger partial charge on any atom is -0.462 e. The zero-order valence-electron chi connectivity index (χ0n) is 12.5. The Balaban J connectivity index is 2.07. The van der Waals surface area contributed by atoms with E-state index in [-0.39, 0.29) is 5.97 Å². The molecule has 6 heteroatoms. The molecule has 21 heavy (non-hydrogen) atoms. The van der Waals surface area contributed by atoms with Gasteiger partial charge in [-0.05, 0) is 32.0 Å². The Morgan fingerprint density at radius 3 is 2.81 bits per heavy atom. The zero-order valence-corrected chi connectivity index (χ0v) is 12.5. The summed E-state index contributed by atoms with van der Waals surface area (Å²) in [5.41, 5.74) is 9.81. The Bertz CT molecular complexity index is 649. The highest BCUT2D eigenvalue weighted by atomic mass is 16.5. The summed E-state index contributed by atoms with van der Waals surface area (Å²) in [5, 5.41) is 7.54. The number of anilines is 2. The van der Waals surface area contributed by atoms with Gasteiger partial charge in [0.15, 0.2) is 0 Å². The third kappa shape index (κ3) is 3.53. The van der Waals surface area contributed by atoms with E-state index in [9.17, 15) is 4.79 Å². The Morgan fingerprint density at radius 2 is 2.24 bits per heavy atom. The van der Waals surface area contributed by atoms with E-state index in [2.05, 4.69) is 10.4 Å². The van der Waals surface area contributed by atoms with Gasteiger partial charge in [-0.25, -0.2) is 4.79 Å². The topological polar surface area (TPSA) is 82.2 Å². The van der Waals surface area contributed by atoms with E-state index < -0.39 is 0 Å². The summed E-state index contributed by atoms with van der Waals surface area (Å²) in [6, 6.07) is 5.11. The average Bonchev–Trinajstić information content (AvgIpc) is 2.76. The highest BCUT2D eigenvalue weighted by Gasteiger charge is 2.09. The molecule has 0 amide bonds. The molecule has 112 valence electrons. The number of aromatic nitrogens is 2. The molecule has 2 rings (SSSR count). The number of hydrogen-bond acceptors (Lipinski definition) is 5. The lowest BCUT2D eigenvalue weighted by atomic mass is 10.1. The Kier molecular flexibility index (Phi) is 4.47. The van der Waals surface area contributed by atoms with E-state index in [1.54, 1.807) is 29.8 Å². The van der Waals surface area contributed by atoms with Gasteiger partial charge in [-0.2, -0.15) is 5.10 Å². The average molecular weight is 288 g/mol. The van der Waals surface area contributed by atoms with Gasteiger partial charge >= 0.3 is 5.97 Å². The second kappa shape index (κ2) is 6.30. The van der Waals surface area contributed by atoms with Gasteiger partial charge < -0.3 is 15.8 Å². The molecule has 0 aliphatic carbocycles. The number of nitrogens with one attached hydrogen (secondary N) is 1. The van der Waals surface area contributed by atoms with Gasteiger partial charge in [0.2, 0.25) is 0 Å². The molecule has 0 atom stereocenters. The first-order chi connectivity index (χ1) is 10.0. The molecule has 0 bridgehead atoms. The minimum absolute atomic E-state index is 0.346. The molecule has 0 unspecified atom stereocenters. The summed E-state index contributed by atoms with van der Waals surface area (Å²) in [4.78, 5) is 11.6. The number of nitrogens with zero attached hydrogens (tertiary/aromatic N) is 2. The van der Waals surface area contributed by atoms with Gasteiger partial charge in [0.05, 0.1) is 29.2 Å². The summed E-state index contributed by atoms with van der Waals surface area (Å²) >= 11 is 0. The van der Waals surface area contributed by atoms with Crippen molar-refractivity contribution in [3.05, 3.63) is 41.2 Å². The van der Waals surface area contributed by atoms with Crippen LogP contribution in [0.3, 0.4) is 0 Å². The number of benzene rings is 1. The molecule has 1 aromatic heterocycles. The molecule has 0 saturated heterocycles. The molecule has 0 radical (unpaired) electrons. The van der Waals surface area contributed by atoms with Crippen molar-refractivity contribution in [1.29, 1.82) is 0 Å². The standard InChI is InChI=1S/C15H20N4O2/c1-4-21-15(20)11-5-6-14(13(16)7-11)17-8-12-9-19(3)18-10(12)2/h5-7,9,17H,4,8,16H2,1-3H3. The number of nitrogens with two attached hydrogens (primary N) is 1. The predicted molar refractivity (Wildman–Crippen MR) is 82.1 cm³/mol. The van der Waals surface area contributed by atoms with Gasteiger partial charge in [-0.3, -0.25) is 4.68 Å². The zero-order chi connectivity index (χ0) is 15.4. The summed E-state index contributed by atoms with van der Waals surface area (Å²) in [6.45, 7) is 4.71. The number of hydrogen-bond donors (Lipinski definition) is 2. The molecule has 1 heterocycles. The maximum atomic E-state index is 11.6. The normalized spacial score (nSPS) is 10.4. The van der Waals surface area contributed by atoms with Crippen LogP contribution in [0.4, 0.5) is 11.4 Å². The first-order valence-corrected chi connectivity index (χ1v) is 6.81. The molecule has 0 spiro atoms. The number of ether oxygens (including phenoxy) is 1. The van der Waals surface area contributed by atoms with Crippen LogP contribution in [-0.2, 0) is 18.3 Å². The lowest BCUT2D eigenvalue weighted by Gasteiger charge is -2.10. The van der Waals surface area contributed by atoms with E-state index in [0.29, 0.717) is 24.4 Å². The summed E-state index contributed by atoms with van der Waals surface area (Å²) in [6.07, 6.45) is 1.96. The molecule has 0 aliphatic heterocycles. The van der Waals surface area contributed by atoms with Gasteiger partial charge in [0, 0.05) is 25.4 Å². The summed E-state index contributed by atoms with van der Waals surface area (Å²) in [7, 11) is 1.89. The van der Waals surface area contributed by atoms with Crippen LogP contribution in [0.15, 0.2) is 24.4 Å². The lowest BCUT2D eigenvalue weighted by Crippen LogP contribution is -2.07. The van der Waals surface area contributed by atoms with E-state index in [1.165, 1.54) is 0 Å². The number of esters is 1. The van der Waals surface area contributed by atoms with E-state index in [4.69, 9.17) is 10.5 Å². The van der Waals surface area contributed by atoms with Crippen LogP contribution in [0, 0.1) is 6.92 Å². The van der Waals surface area contributed by atoms with Crippen LogP contribution in [0.25, 0.3) is 0 Å². The first-order valence-electron chi connectivity index (χ1n) is 6.81. The number of carbonyl (C=O) groups excluding carboxylic acids is 1. The molecule has 0 fully saturated rings. The molecular weight excluding hydrogens is 268 g/mol. The molecular formula is C15H20N4O2. The lowest BCUT2D eigenvalue weighted by molar-refractivity contribution is 0.0526. The molecule has 1 aromatic carbocycles. The van der Waals surface area contributed by atoms with E-state index >= 15 is 0 Å². The highest BCUT2D eigenvalue weighted by molar-refractivity contribution is 5.91. The summed E-state index contributed by atoms with van der Waals surface area (Å²) in [5.74, 6) is -0.362. The molecule has 6 nitrogen and oxygen atoms in total. The third-order valence-electron chi connectivity index (χ3n) is 3.15. The van der Waals surface area contributed by atoms with E-state index in [1.807, 2.05) is 20.2 Å². The van der Waals surface area contributed by atoms with Crippen molar-refractivity contribution in [3.8, 4) is 0 Å². The smallest absolute Gasteiger partial charge is 0.338 e. The Labute approximate surface area is 123 Å². The Morgan fingerprint density at radius 1 is 1.48 bits per heavy atom. The number of rotatable bonds is 5. The van der Waals surface area contributed by atoms with Crippen LogP contribution >= 0.6 is 0 Å². The van der Waals surface area contributed by atoms with Crippen LogP contribution in [0.1, 0.15) is 28.5 Å². The van der Waals surface area contributed by atoms with Gasteiger partial charge in [-0.15, -0.1) is 0 Å². The Hall–Kier alpha value is -2.50. The quantitative estimate of drug-likeness (QED) is 0.650. The fourth-order valence-corrected chi connectivity index (χ4v) is 2.08. The largest absolute Gasteiger partial charge is 0.462 e. The van der Waals surface area contributed by atoms with Crippen molar-refractivity contribution in [2.24, 2.45) is 7.05 Å². The van der Waals surface area contributed by atoms with E-state index in [0.717, 1.165) is 16.9 Å². The minimum atomic E-state index is -0.362. The predicted octanol–water partition coefficient (Wildman–Crippen LogP) is 2.10. The maximum absolute atomic E-state index is 11.6. The summed E-state index contributed by atoms with van der Waals surface area (Å²) < 4.78 is 6.72. The van der Waals surface area contributed by atoms with Crippen LogP contribution in [-0.4, -0.2) is 22.4 Å². The van der Waals surface area contributed by atoms with Crippen molar-refractivity contribution < 1.29 is 9.53 Å². The number of aryl methyl sites for hydroxylation is 2. The van der Waals surface area contributed by atoms with Gasteiger partial charge in [-0.1, -0.05) is 0 Å².